The minimum Gasteiger partial charge on any atom is -0.378 e. The van der Waals surface area contributed by atoms with Gasteiger partial charge in [0.1, 0.15) is 5.82 Å². The number of fused-ring (bicyclic) bond motifs is 1. The highest BCUT2D eigenvalue weighted by molar-refractivity contribution is 7.98. The van der Waals surface area contributed by atoms with Gasteiger partial charge in [-0.2, -0.15) is 5.10 Å². The Labute approximate surface area is 138 Å². The van der Waals surface area contributed by atoms with Crippen molar-refractivity contribution in [2.45, 2.75) is 18.6 Å². The zero-order valence-electron chi connectivity index (χ0n) is 13.3. The second kappa shape index (κ2) is 7.14. The van der Waals surface area contributed by atoms with Gasteiger partial charge in [0.25, 0.3) is 0 Å². The molecule has 0 aliphatic carbocycles. The van der Waals surface area contributed by atoms with E-state index in [-0.39, 0.29) is 5.91 Å². The molecule has 0 unspecified atom stereocenters. The fourth-order valence-corrected chi connectivity index (χ4v) is 2.89. The first-order valence-electron chi connectivity index (χ1n) is 7.53. The monoisotopic (exact) mass is 336 g/mol. The van der Waals surface area contributed by atoms with Gasteiger partial charge in [0.05, 0.1) is 31.3 Å². The molecule has 1 aliphatic heterocycles. The number of amides is 1. The van der Waals surface area contributed by atoms with Crippen LogP contribution in [0.25, 0.3) is 11.0 Å². The van der Waals surface area contributed by atoms with Crippen LogP contribution in [0.15, 0.2) is 11.4 Å². The molecule has 0 radical (unpaired) electrons. The Morgan fingerprint density at radius 1 is 1.39 bits per heavy atom. The number of rotatable bonds is 5. The van der Waals surface area contributed by atoms with Gasteiger partial charge in [-0.15, -0.1) is 0 Å². The molecule has 1 N–H and O–H groups in total. The van der Waals surface area contributed by atoms with E-state index >= 15 is 0 Å². The number of hydrogen-bond donors (Lipinski definition) is 1. The molecular weight excluding hydrogens is 316 g/mol. The average molecular weight is 336 g/mol. The van der Waals surface area contributed by atoms with Crippen LogP contribution in [0.5, 0.6) is 0 Å². The van der Waals surface area contributed by atoms with Crippen LogP contribution in [0.2, 0.25) is 0 Å². The summed E-state index contributed by atoms with van der Waals surface area (Å²) >= 11 is 1.51. The Bertz CT molecular complexity index is 698. The molecule has 23 heavy (non-hydrogen) atoms. The lowest BCUT2D eigenvalue weighted by molar-refractivity contribution is -0.118. The summed E-state index contributed by atoms with van der Waals surface area (Å²) in [5.74, 6) is 0.864. The summed E-state index contributed by atoms with van der Waals surface area (Å²) in [6.07, 6.45) is 3.76. The van der Waals surface area contributed by atoms with Gasteiger partial charge in [0, 0.05) is 26.6 Å². The molecule has 2 aromatic rings. The predicted molar refractivity (Wildman–Crippen MR) is 88.8 cm³/mol. The highest BCUT2D eigenvalue weighted by Gasteiger charge is 2.19. The molecule has 3 rings (SSSR count). The van der Waals surface area contributed by atoms with Crippen LogP contribution in [0.3, 0.4) is 0 Å². The lowest BCUT2D eigenvalue weighted by Crippen LogP contribution is -2.37. The second-order valence-corrected chi connectivity index (χ2v) is 5.99. The molecule has 0 spiro atoms. The van der Waals surface area contributed by atoms with Gasteiger partial charge in [0.15, 0.2) is 10.8 Å². The molecule has 1 aliphatic rings. The molecule has 8 nitrogen and oxygen atoms in total. The van der Waals surface area contributed by atoms with Crippen molar-refractivity contribution in [1.82, 2.24) is 25.1 Å². The number of hydrogen-bond acceptors (Lipinski definition) is 7. The number of morpholine rings is 1. The normalized spacial score (nSPS) is 15.1. The van der Waals surface area contributed by atoms with Crippen LogP contribution >= 0.6 is 11.8 Å². The lowest BCUT2D eigenvalue weighted by Gasteiger charge is -2.28. The first-order valence-corrected chi connectivity index (χ1v) is 8.76. The van der Waals surface area contributed by atoms with Gasteiger partial charge in [-0.1, -0.05) is 11.8 Å². The molecule has 0 saturated carbocycles. The summed E-state index contributed by atoms with van der Waals surface area (Å²) in [5.41, 5.74) is 0.802. The van der Waals surface area contributed by atoms with Gasteiger partial charge in [-0.05, 0) is 6.26 Å². The maximum absolute atomic E-state index is 11.0. The topological polar surface area (TPSA) is 85.2 Å². The molecule has 1 amide bonds. The number of carbonyl (C=O) groups is 1. The smallest absolute Gasteiger partial charge is 0.216 e. The summed E-state index contributed by atoms with van der Waals surface area (Å²) in [5, 5.41) is 8.86. The van der Waals surface area contributed by atoms with Crippen molar-refractivity contribution in [3.63, 3.8) is 0 Å². The van der Waals surface area contributed by atoms with Crippen LogP contribution in [0.1, 0.15) is 6.92 Å². The Kier molecular flexibility index (Phi) is 4.97. The quantitative estimate of drug-likeness (QED) is 0.629. The van der Waals surface area contributed by atoms with Gasteiger partial charge < -0.3 is 15.0 Å². The van der Waals surface area contributed by atoms with E-state index in [0.29, 0.717) is 26.3 Å². The molecule has 0 aromatic carbocycles. The van der Waals surface area contributed by atoms with E-state index in [4.69, 9.17) is 4.74 Å². The molecule has 9 heteroatoms. The van der Waals surface area contributed by atoms with Crippen molar-refractivity contribution in [1.29, 1.82) is 0 Å². The predicted octanol–water partition coefficient (Wildman–Crippen LogP) is 0.521. The standard InChI is InChI=1S/C14H20N6O2S/c1-10(21)15-3-4-20-13-11(9-16-20)12(17-14(18-13)23-2)19-5-7-22-8-6-19/h9H,3-8H2,1-2H3,(H,15,21). The zero-order chi connectivity index (χ0) is 16.2. The van der Waals surface area contributed by atoms with Crippen molar-refractivity contribution >= 4 is 34.5 Å². The second-order valence-electron chi connectivity index (χ2n) is 5.22. The van der Waals surface area contributed by atoms with E-state index in [1.54, 1.807) is 6.20 Å². The summed E-state index contributed by atoms with van der Waals surface area (Å²) in [6, 6.07) is 0. The third kappa shape index (κ3) is 3.56. The van der Waals surface area contributed by atoms with Crippen LogP contribution in [-0.2, 0) is 16.1 Å². The van der Waals surface area contributed by atoms with Gasteiger partial charge in [-0.3, -0.25) is 4.79 Å². The van der Waals surface area contributed by atoms with Crippen LogP contribution < -0.4 is 10.2 Å². The Hall–Kier alpha value is -1.87. The Morgan fingerprint density at radius 3 is 2.87 bits per heavy atom. The van der Waals surface area contributed by atoms with E-state index in [2.05, 4.69) is 25.3 Å². The molecule has 0 bridgehead atoms. The maximum atomic E-state index is 11.0. The van der Waals surface area contributed by atoms with E-state index in [1.807, 2.05) is 10.9 Å². The first-order chi connectivity index (χ1) is 11.2. The number of carbonyl (C=O) groups excluding carboxylic acids is 1. The number of ether oxygens (including phenoxy) is 1. The summed E-state index contributed by atoms with van der Waals surface area (Å²) in [4.78, 5) is 22.5. The van der Waals surface area contributed by atoms with E-state index < -0.39 is 0 Å². The fourth-order valence-electron chi connectivity index (χ4n) is 2.53. The van der Waals surface area contributed by atoms with Gasteiger partial charge in [0.2, 0.25) is 5.91 Å². The molecule has 3 heterocycles. The largest absolute Gasteiger partial charge is 0.378 e. The minimum absolute atomic E-state index is 0.0464. The highest BCUT2D eigenvalue weighted by atomic mass is 32.2. The number of aromatic nitrogens is 4. The summed E-state index contributed by atoms with van der Waals surface area (Å²) in [6.45, 7) is 5.65. The van der Waals surface area contributed by atoms with Crippen molar-refractivity contribution in [3.05, 3.63) is 6.20 Å². The first kappa shape index (κ1) is 16.0. The molecule has 124 valence electrons. The van der Waals surface area contributed by atoms with E-state index in [0.717, 1.165) is 35.1 Å². The third-order valence-corrected chi connectivity index (χ3v) is 4.19. The molecule has 1 fully saturated rings. The maximum Gasteiger partial charge on any atom is 0.216 e. The lowest BCUT2D eigenvalue weighted by atomic mass is 10.3. The molecule has 1 saturated heterocycles. The van der Waals surface area contributed by atoms with E-state index in [9.17, 15) is 4.79 Å². The summed E-state index contributed by atoms with van der Waals surface area (Å²) < 4.78 is 7.24. The molecule has 2 aromatic heterocycles. The fraction of sp³-hybridized carbons (Fsp3) is 0.571. The Morgan fingerprint density at radius 2 is 2.17 bits per heavy atom. The van der Waals surface area contributed by atoms with Crippen LogP contribution in [0.4, 0.5) is 5.82 Å². The van der Waals surface area contributed by atoms with Gasteiger partial charge in [-0.25, -0.2) is 14.6 Å². The SMILES string of the molecule is CSc1nc(N2CCOCC2)c2cnn(CCNC(C)=O)c2n1. The zero-order valence-corrected chi connectivity index (χ0v) is 14.1. The summed E-state index contributed by atoms with van der Waals surface area (Å²) in [7, 11) is 0. The molecular formula is C14H20N6O2S. The van der Waals surface area contributed by atoms with E-state index in [1.165, 1.54) is 18.7 Å². The number of nitrogens with zero attached hydrogens (tertiary/aromatic N) is 5. The van der Waals surface area contributed by atoms with Crippen molar-refractivity contribution < 1.29 is 9.53 Å². The average Bonchev–Trinajstić information content (AvgIpc) is 2.97. The minimum atomic E-state index is -0.0464. The highest BCUT2D eigenvalue weighted by Crippen LogP contribution is 2.26. The number of thioether (sulfide) groups is 1. The van der Waals surface area contributed by atoms with Crippen LogP contribution in [-0.4, -0.2) is 64.8 Å². The number of nitrogens with one attached hydrogen (secondary N) is 1. The number of anilines is 1. The van der Waals surface area contributed by atoms with Crippen molar-refractivity contribution in [3.8, 4) is 0 Å². The third-order valence-electron chi connectivity index (χ3n) is 3.65. The van der Waals surface area contributed by atoms with Crippen molar-refractivity contribution in [2.24, 2.45) is 0 Å². The van der Waals surface area contributed by atoms with Crippen molar-refractivity contribution in [2.75, 3.05) is 44.0 Å². The Balaban J connectivity index is 1.93. The molecule has 0 atom stereocenters. The van der Waals surface area contributed by atoms with Crippen LogP contribution in [0, 0.1) is 0 Å². The van der Waals surface area contributed by atoms with Gasteiger partial charge >= 0.3 is 0 Å².